The van der Waals surface area contributed by atoms with Crippen LogP contribution in [0, 0.1) is 12.7 Å². The van der Waals surface area contributed by atoms with Gasteiger partial charge in [0.15, 0.2) is 0 Å². The smallest absolute Gasteiger partial charge is 0.295 e. The lowest BCUT2D eigenvalue weighted by Gasteiger charge is -2.25. The van der Waals surface area contributed by atoms with Crippen molar-refractivity contribution in [3.8, 4) is 5.75 Å². The van der Waals surface area contributed by atoms with Crippen molar-refractivity contribution in [2.45, 2.75) is 52.7 Å². The highest BCUT2D eigenvalue weighted by molar-refractivity contribution is 6.46. The van der Waals surface area contributed by atoms with Crippen LogP contribution in [-0.4, -0.2) is 47.6 Å². The van der Waals surface area contributed by atoms with Crippen LogP contribution in [0.15, 0.2) is 48.0 Å². The summed E-state index contributed by atoms with van der Waals surface area (Å²) < 4.78 is 24.9. The number of nitrogens with zero attached hydrogens (tertiary/aromatic N) is 1. The largest absolute Gasteiger partial charge is 0.507 e. The molecule has 0 saturated carbocycles. The molecule has 0 bridgehead atoms. The third-order valence-corrected chi connectivity index (χ3v) is 5.63. The van der Waals surface area contributed by atoms with Gasteiger partial charge in [-0.1, -0.05) is 19.1 Å². The third-order valence-electron chi connectivity index (χ3n) is 5.63. The predicted octanol–water partition coefficient (Wildman–Crippen LogP) is 5.16. The quantitative estimate of drug-likeness (QED) is 0.225. The minimum absolute atomic E-state index is 0.0111. The standard InChI is InChI=1S/C27H32FNO5/c1-5-14-34-22-12-9-20(16-18(22)4)25(30)23-24(19-7-10-21(28)11-8-19)29(27(32)26(23)31)13-6-15-33-17(2)3/h7-12,16-17,24,30H,5-6,13-15H2,1-4H3/b25-23-. The van der Waals surface area contributed by atoms with Crippen LogP contribution in [0.4, 0.5) is 4.39 Å². The van der Waals surface area contributed by atoms with Crippen molar-refractivity contribution < 1.29 is 28.6 Å². The molecule has 1 N–H and O–H groups in total. The monoisotopic (exact) mass is 469 g/mol. The van der Waals surface area contributed by atoms with Gasteiger partial charge in [-0.25, -0.2) is 4.39 Å². The molecule has 6 nitrogen and oxygen atoms in total. The highest BCUT2D eigenvalue weighted by Gasteiger charge is 2.45. The van der Waals surface area contributed by atoms with Crippen LogP contribution in [0.1, 0.15) is 56.3 Å². The predicted molar refractivity (Wildman–Crippen MR) is 128 cm³/mol. The minimum Gasteiger partial charge on any atom is -0.507 e. The molecule has 7 heteroatoms. The van der Waals surface area contributed by atoms with Crippen molar-refractivity contribution in [2.24, 2.45) is 0 Å². The van der Waals surface area contributed by atoms with E-state index in [1.54, 1.807) is 18.2 Å². The number of aryl methyl sites for hydroxylation is 1. The molecule has 1 saturated heterocycles. The van der Waals surface area contributed by atoms with Crippen molar-refractivity contribution in [1.82, 2.24) is 4.90 Å². The molecule has 3 rings (SSSR count). The Balaban J connectivity index is 2.01. The normalized spacial score (nSPS) is 17.6. The van der Waals surface area contributed by atoms with Crippen LogP contribution in [-0.2, 0) is 14.3 Å². The van der Waals surface area contributed by atoms with Crippen molar-refractivity contribution in [1.29, 1.82) is 0 Å². The first-order valence-corrected chi connectivity index (χ1v) is 11.6. The number of carbonyl (C=O) groups excluding carboxylic acids is 2. The maximum absolute atomic E-state index is 13.6. The number of carbonyl (C=O) groups is 2. The lowest BCUT2D eigenvalue weighted by Crippen LogP contribution is -2.31. The van der Waals surface area contributed by atoms with Gasteiger partial charge in [-0.15, -0.1) is 0 Å². The first kappa shape index (κ1) is 25.4. The van der Waals surface area contributed by atoms with Crippen LogP contribution in [0.5, 0.6) is 5.75 Å². The molecule has 34 heavy (non-hydrogen) atoms. The Morgan fingerprint density at radius 2 is 1.82 bits per heavy atom. The Morgan fingerprint density at radius 3 is 2.44 bits per heavy atom. The van der Waals surface area contributed by atoms with E-state index >= 15 is 0 Å². The Hall–Kier alpha value is -3.19. The first-order chi connectivity index (χ1) is 16.2. The zero-order chi connectivity index (χ0) is 24.8. The van der Waals surface area contributed by atoms with Gasteiger partial charge in [0, 0.05) is 18.7 Å². The zero-order valence-electron chi connectivity index (χ0n) is 20.1. The molecule has 1 aliphatic rings. The highest BCUT2D eigenvalue weighted by Crippen LogP contribution is 2.40. The summed E-state index contributed by atoms with van der Waals surface area (Å²) in [5, 5.41) is 11.2. The topological polar surface area (TPSA) is 76.1 Å². The van der Waals surface area contributed by atoms with Gasteiger partial charge in [0.2, 0.25) is 0 Å². The molecule has 0 radical (unpaired) electrons. The lowest BCUT2D eigenvalue weighted by molar-refractivity contribution is -0.140. The van der Waals surface area contributed by atoms with E-state index in [-0.39, 0.29) is 24.0 Å². The molecular weight excluding hydrogens is 437 g/mol. The van der Waals surface area contributed by atoms with Crippen LogP contribution in [0.25, 0.3) is 5.76 Å². The van der Waals surface area contributed by atoms with Gasteiger partial charge >= 0.3 is 0 Å². The van der Waals surface area contributed by atoms with E-state index in [9.17, 15) is 19.1 Å². The molecule has 2 aromatic rings. The van der Waals surface area contributed by atoms with E-state index in [2.05, 4.69) is 0 Å². The summed E-state index contributed by atoms with van der Waals surface area (Å²) in [6.45, 7) is 8.97. The van der Waals surface area contributed by atoms with Crippen LogP contribution in [0.2, 0.25) is 0 Å². The number of ketones is 1. The van der Waals surface area contributed by atoms with Gasteiger partial charge in [0.25, 0.3) is 11.7 Å². The average molecular weight is 470 g/mol. The fourth-order valence-corrected chi connectivity index (χ4v) is 3.98. The van der Waals surface area contributed by atoms with Gasteiger partial charge in [-0.05, 0) is 75.1 Å². The summed E-state index contributed by atoms with van der Waals surface area (Å²) in [6, 6.07) is 9.93. The summed E-state index contributed by atoms with van der Waals surface area (Å²) in [6.07, 6.45) is 1.44. The minimum atomic E-state index is -0.823. The molecule has 1 heterocycles. The second kappa shape index (κ2) is 11.3. The summed E-state index contributed by atoms with van der Waals surface area (Å²) in [4.78, 5) is 27.5. The SMILES string of the molecule is CCCOc1ccc(/C(O)=C2/C(=O)C(=O)N(CCCOC(C)C)C2c2ccc(F)cc2)cc1C. The number of ether oxygens (including phenoxy) is 2. The summed E-state index contributed by atoms with van der Waals surface area (Å²) in [7, 11) is 0. The summed E-state index contributed by atoms with van der Waals surface area (Å²) in [5.74, 6) is -1.46. The Kier molecular flexibility index (Phi) is 8.45. The number of aliphatic hydroxyl groups excluding tert-OH is 1. The second-order valence-corrected chi connectivity index (χ2v) is 8.65. The fraction of sp³-hybridized carbons (Fsp3) is 0.407. The summed E-state index contributed by atoms with van der Waals surface area (Å²) >= 11 is 0. The lowest BCUT2D eigenvalue weighted by atomic mass is 9.94. The molecule has 1 aliphatic heterocycles. The van der Waals surface area contributed by atoms with Gasteiger partial charge in [-0.2, -0.15) is 0 Å². The number of amides is 1. The van der Waals surface area contributed by atoms with E-state index in [0.717, 1.165) is 12.0 Å². The highest BCUT2D eigenvalue weighted by atomic mass is 19.1. The van der Waals surface area contributed by atoms with E-state index in [0.29, 0.717) is 36.5 Å². The number of benzene rings is 2. The molecule has 0 aromatic heterocycles. The van der Waals surface area contributed by atoms with Crippen molar-refractivity contribution >= 4 is 17.4 Å². The number of hydrogen-bond acceptors (Lipinski definition) is 5. The molecule has 1 amide bonds. The Morgan fingerprint density at radius 1 is 1.12 bits per heavy atom. The van der Waals surface area contributed by atoms with Crippen molar-refractivity contribution in [3.63, 3.8) is 0 Å². The summed E-state index contributed by atoms with van der Waals surface area (Å²) in [5.41, 5.74) is 1.75. The maximum atomic E-state index is 13.6. The molecule has 2 aromatic carbocycles. The molecule has 182 valence electrons. The maximum Gasteiger partial charge on any atom is 0.295 e. The number of halogens is 1. The second-order valence-electron chi connectivity index (χ2n) is 8.65. The fourth-order valence-electron chi connectivity index (χ4n) is 3.98. The van der Waals surface area contributed by atoms with E-state index in [1.165, 1.54) is 29.2 Å². The first-order valence-electron chi connectivity index (χ1n) is 11.6. The number of aliphatic hydroxyl groups is 1. The van der Waals surface area contributed by atoms with Gasteiger partial charge in [-0.3, -0.25) is 9.59 Å². The van der Waals surface area contributed by atoms with Gasteiger partial charge in [0.1, 0.15) is 17.3 Å². The molecule has 1 atom stereocenters. The molecular formula is C27H32FNO5. The average Bonchev–Trinajstić information content (AvgIpc) is 3.05. The third kappa shape index (κ3) is 5.65. The van der Waals surface area contributed by atoms with Crippen molar-refractivity contribution in [3.05, 3.63) is 70.5 Å². The molecule has 0 spiro atoms. The van der Waals surface area contributed by atoms with Crippen LogP contribution < -0.4 is 4.74 Å². The van der Waals surface area contributed by atoms with E-state index in [1.807, 2.05) is 27.7 Å². The van der Waals surface area contributed by atoms with Crippen LogP contribution in [0.3, 0.4) is 0 Å². The Bertz CT molecular complexity index is 1060. The number of likely N-dealkylation sites (tertiary alicyclic amines) is 1. The molecule has 1 unspecified atom stereocenters. The number of hydrogen-bond donors (Lipinski definition) is 1. The van der Waals surface area contributed by atoms with Gasteiger partial charge in [0.05, 0.1) is 24.3 Å². The Labute approximate surface area is 200 Å². The van der Waals surface area contributed by atoms with Crippen LogP contribution >= 0.6 is 0 Å². The van der Waals surface area contributed by atoms with Gasteiger partial charge < -0.3 is 19.5 Å². The van der Waals surface area contributed by atoms with E-state index < -0.39 is 23.5 Å². The molecule has 0 aliphatic carbocycles. The number of rotatable bonds is 10. The number of Topliss-reactive ketones (excluding diaryl/α,β-unsaturated/α-hetero) is 1. The van der Waals surface area contributed by atoms with Crippen molar-refractivity contribution in [2.75, 3.05) is 19.8 Å². The molecule has 1 fully saturated rings. The zero-order valence-corrected chi connectivity index (χ0v) is 20.1. The van der Waals surface area contributed by atoms with E-state index in [4.69, 9.17) is 9.47 Å².